The molecule has 6 heteroatoms. The quantitative estimate of drug-likeness (QED) is 0.502. The van der Waals surface area contributed by atoms with Crippen molar-refractivity contribution in [1.29, 1.82) is 0 Å². The van der Waals surface area contributed by atoms with Crippen LogP contribution in [0, 0.1) is 13.8 Å². The average molecular weight is 423 g/mol. The Morgan fingerprint density at radius 1 is 1.00 bits per heavy atom. The standard InChI is InChI=1S/C25H30N2O4/c1-5-31-21-11-9-19(10-12-21)14-26-15-23-17(2)27(18(3)24(23)25(28)29)16-20-7-6-8-22(13-20)30-4/h6-13,26H,5,14-16H2,1-4H3,(H,28,29). The summed E-state index contributed by atoms with van der Waals surface area (Å²) >= 11 is 0. The second kappa shape index (κ2) is 10.2. The molecule has 0 unspecified atom stereocenters. The molecule has 3 aromatic rings. The van der Waals surface area contributed by atoms with Crippen LogP contribution in [0.15, 0.2) is 48.5 Å². The van der Waals surface area contributed by atoms with E-state index in [2.05, 4.69) is 9.88 Å². The molecule has 0 aliphatic carbocycles. The molecule has 164 valence electrons. The number of methoxy groups -OCH3 is 1. The van der Waals surface area contributed by atoms with E-state index in [-0.39, 0.29) is 0 Å². The topological polar surface area (TPSA) is 72.7 Å². The van der Waals surface area contributed by atoms with Crippen LogP contribution in [0.5, 0.6) is 11.5 Å². The van der Waals surface area contributed by atoms with E-state index in [4.69, 9.17) is 9.47 Å². The third-order valence-electron chi connectivity index (χ3n) is 5.46. The number of aromatic carboxylic acids is 1. The molecule has 0 atom stereocenters. The first-order chi connectivity index (χ1) is 14.9. The number of carboxylic acid groups (broad SMARTS) is 1. The Morgan fingerprint density at radius 3 is 2.39 bits per heavy atom. The fourth-order valence-corrected chi connectivity index (χ4v) is 3.84. The Balaban J connectivity index is 1.77. The van der Waals surface area contributed by atoms with Crippen LogP contribution in [-0.2, 0) is 19.6 Å². The van der Waals surface area contributed by atoms with Gasteiger partial charge in [0, 0.05) is 36.6 Å². The number of carboxylic acids is 1. The van der Waals surface area contributed by atoms with Gasteiger partial charge in [0.1, 0.15) is 11.5 Å². The summed E-state index contributed by atoms with van der Waals surface area (Å²) in [4.78, 5) is 12.0. The molecule has 0 aliphatic rings. The molecule has 0 aliphatic heterocycles. The van der Waals surface area contributed by atoms with Gasteiger partial charge in [-0.05, 0) is 56.2 Å². The van der Waals surface area contributed by atoms with Gasteiger partial charge in [0.05, 0.1) is 19.3 Å². The van der Waals surface area contributed by atoms with Crippen molar-refractivity contribution < 1.29 is 19.4 Å². The highest BCUT2D eigenvalue weighted by Gasteiger charge is 2.22. The van der Waals surface area contributed by atoms with Gasteiger partial charge in [0.2, 0.25) is 0 Å². The number of benzene rings is 2. The number of carbonyl (C=O) groups is 1. The molecule has 0 saturated heterocycles. The summed E-state index contributed by atoms with van der Waals surface area (Å²) in [5, 5.41) is 13.2. The second-order valence-electron chi connectivity index (χ2n) is 7.45. The Kier molecular flexibility index (Phi) is 7.36. The normalized spacial score (nSPS) is 10.8. The number of nitrogens with zero attached hydrogens (tertiary/aromatic N) is 1. The summed E-state index contributed by atoms with van der Waals surface area (Å²) < 4.78 is 12.9. The van der Waals surface area contributed by atoms with Crippen LogP contribution in [0.1, 0.15) is 45.4 Å². The van der Waals surface area contributed by atoms with E-state index >= 15 is 0 Å². The molecular weight excluding hydrogens is 392 g/mol. The van der Waals surface area contributed by atoms with Crippen LogP contribution in [0.25, 0.3) is 0 Å². The minimum Gasteiger partial charge on any atom is -0.497 e. The summed E-state index contributed by atoms with van der Waals surface area (Å²) in [5.41, 5.74) is 5.08. The molecule has 1 heterocycles. The maximum Gasteiger partial charge on any atom is 0.337 e. The van der Waals surface area contributed by atoms with Gasteiger partial charge >= 0.3 is 5.97 Å². The molecule has 1 aromatic heterocycles. The van der Waals surface area contributed by atoms with E-state index in [1.165, 1.54) is 0 Å². The SMILES string of the molecule is CCOc1ccc(CNCc2c(C(=O)O)c(C)n(Cc3cccc(OC)c3)c2C)cc1. The number of hydrogen-bond donors (Lipinski definition) is 2. The van der Waals surface area contributed by atoms with Gasteiger partial charge in [-0.2, -0.15) is 0 Å². The summed E-state index contributed by atoms with van der Waals surface area (Å²) in [6.07, 6.45) is 0. The van der Waals surface area contributed by atoms with Crippen molar-refractivity contribution in [3.8, 4) is 11.5 Å². The van der Waals surface area contributed by atoms with E-state index in [0.29, 0.717) is 31.8 Å². The third-order valence-corrected chi connectivity index (χ3v) is 5.46. The van der Waals surface area contributed by atoms with Crippen molar-refractivity contribution in [1.82, 2.24) is 9.88 Å². The highest BCUT2D eigenvalue weighted by Crippen LogP contribution is 2.25. The lowest BCUT2D eigenvalue weighted by Crippen LogP contribution is -2.15. The summed E-state index contributed by atoms with van der Waals surface area (Å²) in [5.74, 6) is 0.735. The number of ether oxygens (including phenoxy) is 2. The average Bonchev–Trinajstić information content (AvgIpc) is 3.00. The molecule has 3 rings (SSSR count). The molecule has 0 fully saturated rings. The maximum atomic E-state index is 12.0. The van der Waals surface area contributed by atoms with Crippen LogP contribution >= 0.6 is 0 Å². The van der Waals surface area contributed by atoms with Gasteiger partial charge < -0.3 is 24.5 Å². The fourth-order valence-electron chi connectivity index (χ4n) is 3.84. The van der Waals surface area contributed by atoms with E-state index in [1.54, 1.807) is 7.11 Å². The largest absolute Gasteiger partial charge is 0.497 e. The highest BCUT2D eigenvalue weighted by molar-refractivity contribution is 5.91. The van der Waals surface area contributed by atoms with Crippen molar-refractivity contribution in [3.05, 3.63) is 82.2 Å². The Hall–Kier alpha value is -3.25. The maximum absolute atomic E-state index is 12.0. The zero-order valence-corrected chi connectivity index (χ0v) is 18.6. The molecule has 0 bridgehead atoms. The van der Waals surface area contributed by atoms with Gasteiger partial charge in [0.15, 0.2) is 0 Å². The molecule has 0 saturated carbocycles. The summed E-state index contributed by atoms with van der Waals surface area (Å²) in [6, 6.07) is 15.8. The zero-order chi connectivity index (χ0) is 22.4. The van der Waals surface area contributed by atoms with Crippen molar-refractivity contribution in [3.63, 3.8) is 0 Å². The molecular formula is C25H30N2O4. The Morgan fingerprint density at radius 2 is 1.74 bits per heavy atom. The monoisotopic (exact) mass is 422 g/mol. The third kappa shape index (κ3) is 5.27. The second-order valence-corrected chi connectivity index (χ2v) is 7.45. The minimum atomic E-state index is -0.900. The van der Waals surface area contributed by atoms with Gasteiger partial charge in [-0.1, -0.05) is 24.3 Å². The van der Waals surface area contributed by atoms with Crippen molar-refractivity contribution in [2.75, 3.05) is 13.7 Å². The predicted octanol–water partition coefficient (Wildman–Crippen LogP) is 4.55. The van der Waals surface area contributed by atoms with Gasteiger partial charge in [0.25, 0.3) is 0 Å². The zero-order valence-electron chi connectivity index (χ0n) is 18.6. The molecule has 6 nitrogen and oxygen atoms in total. The lowest BCUT2D eigenvalue weighted by atomic mass is 10.1. The first-order valence-electron chi connectivity index (χ1n) is 10.4. The Labute approximate surface area is 183 Å². The molecule has 2 aromatic carbocycles. The number of aromatic nitrogens is 1. The summed E-state index contributed by atoms with van der Waals surface area (Å²) in [6.45, 7) is 8.16. The van der Waals surface area contributed by atoms with E-state index in [0.717, 1.165) is 39.6 Å². The number of nitrogens with one attached hydrogen (secondary N) is 1. The molecule has 31 heavy (non-hydrogen) atoms. The smallest absolute Gasteiger partial charge is 0.337 e. The molecule has 0 radical (unpaired) electrons. The summed E-state index contributed by atoms with van der Waals surface area (Å²) in [7, 11) is 1.64. The molecule has 0 spiro atoms. The van der Waals surface area contributed by atoms with E-state index in [9.17, 15) is 9.90 Å². The van der Waals surface area contributed by atoms with Crippen LogP contribution in [0.2, 0.25) is 0 Å². The van der Waals surface area contributed by atoms with Crippen molar-refractivity contribution >= 4 is 5.97 Å². The number of rotatable bonds is 10. The molecule has 2 N–H and O–H groups in total. The first kappa shape index (κ1) is 22.4. The van der Waals surface area contributed by atoms with E-state index in [1.807, 2.05) is 69.3 Å². The number of hydrogen-bond acceptors (Lipinski definition) is 4. The predicted molar refractivity (Wildman–Crippen MR) is 121 cm³/mol. The minimum absolute atomic E-state index is 0.375. The van der Waals surface area contributed by atoms with Crippen LogP contribution in [0.3, 0.4) is 0 Å². The lowest BCUT2D eigenvalue weighted by molar-refractivity contribution is 0.0694. The van der Waals surface area contributed by atoms with Crippen LogP contribution < -0.4 is 14.8 Å². The molecule has 0 amide bonds. The van der Waals surface area contributed by atoms with Crippen LogP contribution in [-0.4, -0.2) is 29.4 Å². The lowest BCUT2D eigenvalue weighted by Gasteiger charge is -2.11. The van der Waals surface area contributed by atoms with Gasteiger partial charge in [-0.15, -0.1) is 0 Å². The first-order valence-corrected chi connectivity index (χ1v) is 10.4. The van der Waals surface area contributed by atoms with Crippen LogP contribution in [0.4, 0.5) is 0 Å². The fraction of sp³-hybridized carbons (Fsp3) is 0.320. The Bertz CT molecular complexity index is 1040. The highest BCUT2D eigenvalue weighted by atomic mass is 16.5. The van der Waals surface area contributed by atoms with Gasteiger partial charge in [-0.25, -0.2) is 4.79 Å². The van der Waals surface area contributed by atoms with Gasteiger partial charge in [-0.3, -0.25) is 0 Å². The van der Waals surface area contributed by atoms with Crippen molar-refractivity contribution in [2.24, 2.45) is 0 Å². The van der Waals surface area contributed by atoms with E-state index < -0.39 is 5.97 Å². The van der Waals surface area contributed by atoms with Crippen molar-refractivity contribution in [2.45, 2.75) is 40.4 Å².